The first-order valence-electron chi connectivity index (χ1n) is 7.56. The van der Waals surface area contributed by atoms with Crippen LogP contribution in [0.5, 0.6) is 6.08 Å². The molecule has 2 atom stereocenters. The molecule has 1 aliphatic carbocycles. The van der Waals surface area contributed by atoms with E-state index in [2.05, 4.69) is 30.6 Å². The van der Waals surface area contributed by atoms with Gasteiger partial charge in [0.1, 0.15) is 0 Å². The van der Waals surface area contributed by atoms with Gasteiger partial charge in [-0.15, -0.1) is 0 Å². The summed E-state index contributed by atoms with van der Waals surface area (Å²) in [6, 6.07) is 0. The number of nitrogens with zero attached hydrogens (tertiary/aromatic N) is 2. The number of ether oxygens (including phenoxy) is 1. The molecule has 1 aromatic rings. The molecule has 24 heavy (non-hydrogen) atoms. The Morgan fingerprint density at radius 3 is 2.25 bits per heavy atom. The van der Waals surface area contributed by atoms with E-state index >= 15 is 0 Å². The molecule has 11 heteroatoms. The Morgan fingerprint density at radius 2 is 1.75 bits per heavy atom. The van der Waals surface area contributed by atoms with E-state index in [0.29, 0.717) is 18.6 Å². The summed E-state index contributed by atoms with van der Waals surface area (Å²) in [5.74, 6) is 1.69. The van der Waals surface area contributed by atoms with Gasteiger partial charge in [0, 0.05) is 18.8 Å². The van der Waals surface area contributed by atoms with Crippen molar-refractivity contribution in [2.24, 2.45) is 11.3 Å². The molecule has 4 nitrogen and oxygen atoms in total. The molecule has 0 amide bonds. The zero-order chi connectivity index (χ0) is 18.7. The van der Waals surface area contributed by atoms with E-state index in [0.717, 1.165) is 12.3 Å². The first-order valence-corrected chi connectivity index (χ1v) is 27.0. The Labute approximate surface area is 162 Å². The van der Waals surface area contributed by atoms with Gasteiger partial charge in [0.2, 0.25) is 0 Å². The minimum absolute atomic E-state index is 0.0735. The van der Waals surface area contributed by atoms with Crippen molar-refractivity contribution in [1.29, 1.82) is 0 Å². The molecule has 142 valence electrons. The third kappa shape index (κ3) is 5.27. The SMILES string of the molecule is CCOc1n[n+]2c(o1)C[C@@H]1CC[C@@]2(C)C1(C)C.[Cl][Sb-]([Cl])([Cl])([Cl])([Cl])[Cl]. The van der Waals surface area contributed by atoms with Gasteiger partial charge in [-0.1, -0.05) is 13.8 Å². The van der Waals surface area contributed by atoms with Crippen molar-refractivity contribution in [2.75, 3.05) is 6.61 Å². The molecule has 0 N–H and O–H groups in total. The van der Waals surface area contributed by atoms with Crippen molar-refractivity contribution in [3.05, 3.63) is 5.89 Å². The predicted molar refractivity (Wildman–Crippen MR) is 103 cm³/mol. The van der Waals surface area contributed by atoms with E-state index in [1.54, 1.807) is 0 Å². The van der Waals surface area contributed by atoms with Crippen molar-refractivity contribution < 1.29 is 13.8 Å². The number of hydrogen-bond acceptors (Lipinski definition) is 3. The Morgan fingerprint density at radius 1 is 1.21 bits per heavy atom. The van der Waals surface area contributed by atoms with E-state index in [1.165, 1.54) is 12.8 Å². The first-order chi connectivity index (χ1) is 10.4. The molecule has 0 saturated heterocycles. The van der Waals surface area contributed by atoms with Gasteiger partial charge in [-0.25, -0.2) is 0 Å². The molecule has 2 heterocycles. The molecule has 1 aromatic heterocycles. The second-order valence-corrected chi connectivity index (χ2v) is 63.9. The van der Waals surface area contributed by atoms with Crippen molar-refractivity contribution in [3.63, 3.8) is 0 Å². The predicted octanol–water partition coefficient (Wildman–Crippen LogP) is 5.82. The van der Waals surface area contributed by atoms with Gasteiger partial charge in [0.15, 0.2) is 5.54 Å². The minimum atomic E-state index is -5.42. The summed E-state index contributed by atoms with van der Waals surface area (Å²) in [5, 5.41) is 4.51. The van der Waals surface area contributed by atoms with Crippen LogP contribution in [0.25, 0.3) is 0 Å². The van der Waals surface area contributed by atoms with Crippen LogP contribution in [-0.4, -0.2) is 20.8 Å². The van der Waals surface area contributed by atoms with E-state index in [-0.39, 0.29) is 11.0 Å². The molecule has 1 fully saturated rings. The number of halogens is 6. The Hall–Kier alpha value is 1.50. The Balaban J connectivity index is 0.000000256. The number of aromatic nitrogens is 2. The molecule has 1 aliphatic heterocycles. The van der Waals surface area contributed by atoms with Crippen LogP contribution >= 0.6 is 53.0 Å². The van der Waals surface area contributed by atoms with Crippen molar-refractivity contribution in [1.82, 2.24) is 5.10 Å². The molecule has 2 bridgehead atoms. The van der Waals surface area contributed by atoms with Crippen LogP contribution in [-0.2, 0) is 12.0 Å². The third-order valence-corrected chi connectivity index (χ3v) is 5.17. The summed E-state index contributed by atoms with van der Waals surface area (Å²) in [6.07, 6.45) is 3.86. The standard InChI is InChI=1S/C13H21N2O2.6ClH.Sb/c1-5-16-11-14-15-10(17-11)8-9-6-7-13(15,4)12(9,2)3;;;;;;;/h9H,5-8H2,1-4H3;6*1H;/q+1;;;;;;;+5/p-6/t9-,13-;;;;;;;/m0......./s1. The molecule has 2 aliphatic rings. The zero-order valence-electron chi connectivity index (χ0n) is 13.8. The molecule has 0 aromatic carbocycles. The third-order valence-electron chi connectivity index (χ3n) is 5.17. The summed E-state index contributed by atoms with van der Waals surface area (Å²) in [6.45, 7) is 9.56. The monoisotopic (exact) mass is 568 g/mol. The van der Waals surface area contributed by atoms with Gasteiger partial charge < -0.3 is 9.15 Å². The molecule has 1 saturated carbocycles. The average molecular weight is 572 g/mol. The maximum atomic E-state index is 5.72. The fraction of sp³-hybridized carbons (Fsp3) is 0.846. The topological polar surface area (TPSA) is 39.1 Å². The van der Waals surface area contributed by atoms with E-state index in [1.807, 2.05) is 6.92 Å². The van der Waals surface area contributed by atoms with Crippen LogP contribution in [0.1, 0.15) is 46.4 Å². The molecule has 0 radical (unpaired) electrons. The van der Waals surface area contributed by atoms with Crippen LogP contribution in [0, 0.1) is 11.3 Å². The van der Waals surface area contributed by atoms with Gasteiger partial charge in [-0.05, 0) is 23.9 Å². The van der Waals surface area contributed by atoms with Gasteiger partial charge in [-0.2, -0.15) is 0 Å². The van der Waals surface area contributed by atoms with Crippen LogP contribution < -0.4 is 9.42 Å². The molecule has 0 unspecified atom stereocenters. The second kappa shape index (κ2) is 6.00. The Kier molecular flexibility index (Phi) is 5.44. The number of hydrogen-bond donors (Lipinski definition) is 0. The normalized spacial score (nSPS) is 30.5. The molecular formula is C13H21Cl6N2O2Sb. The second-order valence-electron chi connectivity index (χ2n) is 7.00. The quantitative estimate of drug-likeness (QED) is 0.332. The summed E-state index contributed by atoms with van der Waals surface area (Å²) in [4.78, 5) is 0. The summed E-state index contributed by atoms with van der Waals surface area (Å²) < 4.78 is 13.2. The number of fused-ring (bicyclic) bond motifs is 4. The van der Waals surface area contributed by atoms with E-state index < -0.39 is 9.14 Å². The summed E-state index contributed by atoms with van der Waals surface area (Å²) in [5.41, 5.74) is 0.356. The molecular weight excluding hydrogens is 551 g/mol. The fourth-order valence-electron chi connectivity index (χ4n) is 3.52. The molecule has 0 spiro atoms. The van der Waals surface area contributed by atoms with E-state index in [4.69, 9.17) is 62.1 Å². The average Bonchev–Trinajstić information content (AvgIpc) is 2.77. The van der Waals surface area contributed by atoms with Gasteiger partial charge in [0.25, 0.3) is 0 Å². The zero-order valence-corrected chi connectivity index (χ0v) is 20.9. The van der Waals surface area contributed by atoms with Crippen molar-refractivity contribution in [3.8, 4) is 6.08 Å². The number of rotatable bonds is 2. The van der Waals surface area contributed by atoms with Crippen molar-refractivity contribution >= 4 is 62.1 Å². The van der Waals surface area contributed by atoms with Crippen LogP contribution in [0.3, 0.4) is 0 Å². The summed E-state index contributed by atoms with van der Waals surface area (Å²) >= 11 is 0. The maximum absolute atomic E-state index is 5.72. The molecule has 3 rings (SSSR count). The van der Waals surface area contributed by atoms with Gasteiger partial charge >= 0.3 is 74.1 Å². The first kappa shape index (κ1) is 21.8. The van der Waals surface area contributed by atoms with Gasteiger partial charge in [0.05, 0.1) is 18.1 Å². The van der Waals surface area contributed by atoms with E-state index in [9.17, 15) is 0 Å². The van der Waals surface area contributed by atoms with Crippen LogP contribution in [0.15, 0.2) is 4.42 Å². The van der Waals surface area contributed by atoms with Crippen molar-refractivity contribution in [2.45, 2.75) is 52.5 Å². The summed E-state index contributed by atoms with van der Waals surface area (Å²) in [7, 11) is 25.0. The van der Waals surface area contributed by atoms with Crippen LogP contribution in [0.4, 0.5) is 0 Å². The Bertz CT molecular complexity index is 631. The van der Waals surface area contributed by atoms with Crippen LogP contribution in [0.2, 0.25) is 0 Å². The van der Waals surface area contributed by atoms with Gasteiger partial charge in [-0.3, -0.25) is 0 Å². The fourth-order valence-corrected chi connectivity index (χ4v) is 3.52.